The number of hydrogen-bond acceptors (Lipinski definition) is 4. The topological polar surface area (TPSA) is 46.3 Å². The molecule has 2 unspecified atom stereocenters. The van der Waals surface area contributed by atoms with Crippen molar-refractivity contribution in [1.29, 1.82) is 0 Å². The molecule has 0 aromatic heterocycles. The average Bonchev–Trinajstić information content (AvgIpc) is 2.35. The van der Waals surface area contributed by atoms with Crippen LogP contribution in [0.4, 0.5) is 0 Å². The molecule has 0 aliphatic carbocycles. The zero-order valence-corrected chi connectivity index (χ0v) is 16.0. The third-order valence-corrected chi connectivity index (χ3v) is 3.69. The second-order valence-electron chi connectivity index (χ2n) is 4.43. The number of carbonyl (C=O) groups is 1. The Labute approximate surface area is 139 Å². The molecule has 0 radical (unpaired) electrons. The molecule has 104 valence electrons. The van der Waals surface area contributed by atoms with E-state index in [9.17, 15) is 4.79 Å². The van der Waals surface area contributed by atoms with E-state index in [4.69, 9.17) is 5.73 Å². The van der Waals surface area contributed by atoms with Gasteiger partial charge in [-0.2, -0.15) is 25.3 Å². The number of allylic oxidation sites excluding steroid dienone is 2. The van der Waals surface area contributed by atoms with E-state index in [1.54, 1.807) is 11.1 Å². The van der Waals surface area contributed by atoms with E-state index in [0.29, 0.717) is 11.7 Å². The third kappa shape index (κ3) is 7.55. The van der Waals surface area contributed by atoms with Crippen molar-refractivity contribution in [3.63, 3.8) is 0 Å². The summed E-state index contributed by atoms with van der Waals surface area (Å²) in [5, 5.41) is 0.401. The molecule has 1 aliphatic rings. The molecular weight excluding hydrogens is 330 g/mol. The van der Waals surface area contributed by atoms with Gasteiger partial charge in [0.1, 0.15) is 6.17 Å². The predicted octanol–water partition coefficient (Wildman–Crippen LogP) is 2.36. The Hall–Kier alpha value is 0.233. The van der Waals surface area contributed by atoms with Gasteiger partial charge in [-0.1, -0.05) is 12.5 Å². The van der Waals surface area contributed by atoms with Crippen LogP contribution >= 0.6 is 25.3 Å². The molecule has 0 saturated carbocycles. The predicted molar refractivity (Wildman–Crippen MR) is 82.8 cm³/mol. The number of nitrogens with zero attached hydrogens (tertiary/aromatic N) is 1. The maximum absolute atomic E-state index is 11.9. The third-order valence-electron chi connectivity index (χ3n) is 2.92. The summed E-state index contributed by atoms with van der Waals surface area (Å²) in [6.45, 7) is 0. The minimum Gasteiger partial charge on any atom is -0.308 e. The summed E-state index contributed by atoms with van der Waals surface area (Å²) in [5.41, 5.74) is 5.82. The van der Waals surface area contributed by atoms with E-state index in [0.717, 1.165) is 31.4 Å². The minimum atomic E-state index is -0.315. The molecule has 2 atom stereocenters. The van der Waals surface area contributed by atoms with Gasteiger partial charge in [0.05, 0.1) is 0 Å². The number of rotatable bonds is 7. The fraction of sp³-hybridized carbons (Fsp3) is 0.615. The summed E-state index contributed by atoms with van der Waals surface area (Å²) >= 11 is 8.65. The average molecular weight is 352 g/mol. The van der Waals surface area contributed by atoms with Crippen LogP contribution in [0.3, 0.4) is 0 Å². The first-order chi connectivity index (χ1) is 8.65. The molecule has 1 aliphatic heterocycles. The summed E-state index contributed by atoms with van der Waals surface area (Å²) in [4.78, 5) is 13.5. The van der Waals surface area contributed by atoms with E-state index >= 15 is 0 Å². The van der Waals surface area contributed by atoms with Crippen molar-refractivity contribution in [3.05, 3.63) is 24.4 Å². The fourth-order valence-corrected chi connectivity index (χ4v) is 2.67. The molecule has 2 N–H and O–H groups in total. The van der Waals surface area contributed by atoms with Crippen LogP contribution in [-0.4, -0.2) is 28.0 Å². The first-order valence-corrected chi connectivity index (χ1v) is 7.50. The van der Waals surface area contributed by atoms with Crippen LogP contribution in [0.5, 0.6) is 0 Å². The van der Waals surface area contributed by atoms with Gasteiger partial charge in [-0.05, 0) is 37.2 Å². The van der Waals surface area contributed by atoms with Gasteiger partial charge in [0.2, 0.25) is 5.91 Å². The zero-order valence-electron chi connectivity index (χ0n) is 11.2. The van der Waals surface area contributed by atoms with Crippen LogP contribution < -0.4 is 5.73 Å². The van der Waals surface area contributed by atoms with Crippen molar-refractivity contribution in [2.24, 2.45) is 5.73 Å². The fourth-order valence-electron chi connectivity index (χ4n) is 1.84. The van der Waals surface area contributed by atoms with Crippen molar-refractivity contribution < 1.29 is 24.3 Å². The first kappa shape index (κ1) is 19.2. The van der Waals surface area contributed by atoms with Crippen LogP contribution in [0.15, 0.2) is 24.4 Å². The van der Waals surface area contributed by atoms with E-state index in [2.05, 4.69) is 25.3 Å². The second kappa shape index (κ2) is 11.0. The Morgan fingerprint density at radius 2 is 2.05 bits per heavy atom. The monoisotopic (exact) mass is 350 g/mol. The number of thiol groups is 2. The van der Waals surface area contributed by atoms with Crippen LogP contribution in [0.2, 0.25) is 0 Å². The quantitative estimate of drug-likeness (QED) is 0.374. The summed E-state index contributed by atoms with van der Waals surface area (Å²) in [7, 11) is 0. The molecule has 1 rings (SSSR count). The zero-order chi connectivity index (χ0) is 13.4. The number of hydrogen-bond donors (Lipinski definition) is 3. The van der Waals surface area contributed by atoms with Crippen molar-refractivity contribution in [3.8, 4) is 0 Å². The number of amides is 1. The summed E-state index contributed by atoms with van der Waals surface area (Å²) < 4.78 is 0. The van der Waals surface area contributed by atoms with E-state index < -0.39 is 0 Å². The smallest absolute Gasteiger partial charge is 0.228 e. The van der Waals surface area contributed by atoms with Gasteiger partial charge < -0.3 is 5.73 Å². The summed E-state index contributed by atoms with van der Waals surface area (Å²) in [6.07, 6.45) is 11.5. The van der Waals surface area contributed by atoms with Gasteiger partial charge in [0.15, 0.2) is 0 Å². The van der Waals surface area contributed by atoms with Crippen LogP contribution in [0, 0.1) is 0 Å². The van der Waals surface area contributed by atoms with E-state index in [-0.39, 0.29) is 31.6 Å². The molecule has 19 heavy (non-hydrogen) atoms. The molecule has 3 nitrogen and oxygen atoms in total. The largest absolute Gasteiger partial charge is 0.308 e. The van der Waals surface area contributed by atoms with Crippen LogP contribution in [-0.2, 0) is 24.3 Å². The normalized spacial score (nSPS) is 19.1. The first-order valence-electron chi connectivity index (χ1n) is 6.36. The van der Waals surface area contributed by atoms with Crippen molar-refractivity contribution >= 4 is 31.2 Å². The van der Waals surface area contributed by atoms with Crippen LogP contribution in [0.1, 0.15) is 32.1 Å². The van der Waals surface area contributed by atoms with Crippen molar-refractivity contribution in [2.45, 2.75) is 43.5 Å². The number of nitrogens with two attached hydrogens (primary N) is 1. The molecule has 1 amide bonds. The maximum Gasteiger partial charge on any atom is 0.228 e. The van der Waals surface area contributed by atoms with Crippen molar-refractivity contribution in [1.82, 2.24) is 4.90 Å². The van der Waals surface area contributed by atoms with Crippen molar-refractivity contribution in [2.75, 3.05) is 5.75 Å². The maximum atomic E-state index is 11.9. The van der Waals surface area contributed by atoms with Gasteiger partial charge >= 0.3 is 0 Å². The second-order valence-corrected chi connectivity index (χ2v) is 5.61. The SMILES string of the molecule is NC1C=CC=CN1C(=O)CCCCC(S)CCS.[Zn]. The Balaban J connectivity index is 0.00000324. The van der Waals surface area contributed by atoms with E-state index in [1.807, 2.05) is 18.2 Å². The molecule has 0 aromatic rings. The Morgan fingerprint density at radius 1 is 1.32 bits per heavy atom. The minimum absolute atomic E-state index is 0. The van der Waals surface area contributed by atoms with E-state index in [1.165, 1.54) is 0 Å². The standard InChI is InChI=1S/C13H22N2OS2.Zn/c14-12-6-3-4-9-15(12)13(16)7-2-1-5-11(18)8-10-17;/h3-4,6,9,11-12,17-18H,1-2,5,7-8,10,14H2;. The molecule has 1 heterocycles. The number of carbonyl (C=O) groups excluding carboxylic acids is 1. The number of unbranched alkanes of at least 4 members (excludes halogenated alkanes) is 1. The Kier molecular flexibility index (Phi) is 11.1. The summed E-state index contributed by atoms with van der Waals surface area (Å²) in [5.74, 6) is 0.959. The molecule has 0 aromatic carbocycles. The molecule has 0 saturated heterocycles. The Bertz CT molecular complexity index is 324. The van der Waals surface area contributed by atoms with Gasteiger partial charge in [0.25, 0.3) is 0 Å². The molecule has 0 spiro atoms. The van der Waals surface area contributed by atoms with Crippen LogP contribution in [0.25, 0.3) is 0 Å². The Morgan fingerprint density at radius 3 is 2.68 bits per heavy atom. The molecule has 6 heteroatoms. The van der Waals surface area contributed by atoms with Gasteiger partial charge in [-0.15, -0.1) is 0 Å². The molecular formula is C13H22N2OS2Zn. The summed E-state index contributed by atoms with van der Waals surface area (Å²) in [6, 6.07) is 0. The molecule has 0 bridgehead atoms. The van der Waals surface area contributed by atoms with Gasteiger partial charge in [-0.3, -0.25) is 9.69 Å². The van der Waals surface area contributed by atoms with Gasteiger partial charge in [0, 0.05) is 37.3 Å². The van der Waals surface area contributed by atoms with Gasteiger partial charge in [-0.25, -0.2) is 0 Å². The molecule has 0 fully saturated rings.